The van der Waals surface area contributed by atoms with Crippen molar-refractivity contribution < 1.29 is 23.9 Å². The number of rotatable bonds is 9. The molecule has 2 bridgehead atoms. The van der Waals surface area contributed by atoms with Crippen LogP contribution in [0.2, 0.25) is 10.0 Å². The van der Waals surface area contributed by atoms with Crippen LogP contribution in [0.15, 0.2) is 66.7 Å². The summed E-state index contributed by atoms with van der Waals surface area (Å²) in [5.41, 5.74) is 4.96. The summed E-state index contributed by atoms with van der Waals surface area (Å²) in [7, 11) is 0. The Morgan fingerprint density at radius 3 is 1.88 bits per heavy atom. The number of anilines is 1. The molecule has 3 amide bonds. The predicted octanol–water partition coefficient (Wildman–Crippen LogP) is 5.93. The Balaban J connectivity index is 0.999. The molecule has 3 aromatic carbocycles. The predicted molar refractivity (Wildman–Crippen MR) is 155 cm³/mol. The van der Waals surface area contributed by atoms with Gasteiger partial charge in [-0.15, -0.1) is 0 Å². The van der Waals surface area contributed by atoms with Crippen molar-refractivity contribution >= 4 is 52.6 Å². The Kier molecular flexibility index (Phi) is 7.58. The molecule has 2 atom stereocenters. The molecule has 4 aliphatic rings. The highest BCUT2D eigenvalue weighted by atomic mass is 35.5. The number of ether oxygens (including phenoxy) is 1. The van der Waals surface area contributed by atoms with Gasteiger partial charge in [-0.1, -0.05) is 84.2 Å². The Morgan fingerprint density at radius 1 is 0.756 bits per heavy atom. The number of halogens is 2. The zero-order valence-corrected chi connectivity index (χ0v) is 23.7. The van der Waals surface area contributed by atoms with Gasteiger partial charge in [-0.3, -0.25) is 24.1 Å². The van der Waals surface area contributed by atoms with Gasteiger partial charge in [0.2, 0.25) is 11.8 Å². The molecule has 0 spiro atoms. The number of esters is 1. The van der Waals surface area contributed by atoms with Gasteiger partial charge in [0.05, 0.1) is 27.6 Å². The van der Waals surface area contributed by atoms with Gasteiger partial charge in [-0.2, -0.15) is 0 Å². The fourth-order valence-corrected chi connectivity index (χ4v) is 7.03. The first-order chi connectivity index (χ1) is 19.9. The maximum atomic E-state index is 13.6. The summed E-state index contributed by atoms with van der Waals surface area (Å²) in [5.74, 6) is -2.17. The molecular formula is C32H28Cl2N2O5. The van der Waals surface area contributed by atoms with Gasteiger partial charge in [0.25, 0.3) is 5.91 Å². The second kappa shape index (κ2) is 11.3. The SMILES string of the molecule is O=C(COC(=O)CCCCCN1C(=O)[C@@H]2C3c4ccccc4C(c4ccccc43)[C@@H]2C1=O)Nc1cccc(Cl)c1Cl. The number of carbonyl (C=O) groups excluding carboxylic acids is 4. The fraction of sp³-hybridized carbons (Fsp3) is 0.312. The second-order valence-electron chi connectivity index (χ2n) is 10.7. The molecule has 9 heteroatoms. The minimum atomic E-state index is -0.520. The van der Waals surface area contributed by atoms with Crippen LogP contribution in [0.25, 0.3) is 0 Å². The van der Waals surface area contributed by atoms with Crippen molar-refractivity contribution in [2.75, 3.05) is 18.5 Å². The van der Waals surface area contributed by atoms with Gasteiger partial charge in [0.1, 0.15) is 0 Å². The quantitative estimate of drug-likeness (QED) is 0.189. The summed E-state index contributed by atoms with van der Waals surface area (Å²) >= 11 is 12.0. The van der Waals surface area contributed by atoms with Crippen LogP contribution < -0.4 is 5.32 Å². The van der Waals surface area contributed by atoms with Gasteiger partial charge in [-0.05, 0) is 47.2 Å². The Morgan fingerprint density at radius 2 is 1.32 bits per heavy atom. The van der Waals surface area contributed by atoms with Crippen molar-refractivity contribution in [3.8, 4) is 0 Å². The summed E-state index contributed by atoms with van der Waals surface area (Å²) in [5, 5.41) is 3.08. The summed E-state index contributed by atoms with van der Waals surface area (Å²) in [4.78, 5) is 52.9. The van der Waals surface area contributed by atoms with E-state index < -0.39 is 18.5 Å². The molecule has 1 aliphatic heterocycles. The van der Waals surface area contributed by atoms with Crippen molar-refractivity contribution in [3.05, 3.63) is 99.0 Å². The zero-order valence-electron chi connectivity index (χ0n) is 22.1. The van der Waals surface area contributed by atoms with Crippen molar-refractivity contribution in [1.29, 1.82) is 0 Å². The molecule has 7 nitrogen and oxygen atoms in total. The van der Waals surface area contributed by atoms with E-state index in [1.165, 1.54) is 4.90 Å². The van der Waals surface area contributed by atoms with Gasteiger partial charge in [-0.25, -0.2) is 0 Å². The lowest BCUT2D eigenvalue weighted by Crippen LogP contribution is -2.41. The van der Waals surface area contributed by atoms with Crippen molar-refractivity contribution in [1.82, 2.24) is 4.90 Å². The highest BCUT2D eigenvalue weighted by Gasteiger charge is 2.61. The zero-order chi connectivity index (χ0) is 28.7. The molecule has 3 aromatic rings. The molecule has 1 fully saturated rings. The molecule has 41 heavy (non-hydrogen) atoms. The molecule has 1 heterocycles. The van der Waals surface area contributed by atoms with Gasteiger partial charge < -0.3 is 10.1 Å². The highest BCUT2D eigenvalue weighted by Crippen LogP contribution is 2.60. The number of amides is 3. The first-order valence-electron chi connectivity index (χ1n) is 13.8. The van der Waals surface area contributed by atoms with Gasteiger partial charge in [0, 0.05) is 24.8 Å². The van der Waals surface area contributed by atoms with Crippen LogP contribution in [0.1, 0.15) is 59.8 Å². The van der Waals surface area contributed by atoms with Gasteiger partial charge >= 0.3 is 5.97 Å². The van der Waals surface area contributed by atoms with E-state index in [4.69, 9.17) is 27.9 Å². The van der Waals surface area contributed by atoms with E-state index in [9.17, 15) is 19.2 Å². The lowest BCUT2D eigenvalue weighted by molar-refractivity contribution is -0.147. The smallest absolute Gasteiger partial charge is 0.306 e. The number of hydrogen-bond donors (Lipinski definition) is 1. The summed E-state index contributed by atoms with van der Waals surface area (Å²) in [6.45, 7) is -0.108. The average Bonchev–Trinajstić information content (AvgIpc) is 3.23. The number of unbranched alkanes of at least 4 members (excludes halogenated alkanes) is 2. The van der Waals surface area contributed by atoms with Crippen molar-refractivity contribution in [2.24, 2.45) is 11.8 Å². The monoisotopic (exact) mass is 590 g/mol. The normalized spacial score (nSPS) is 21.8. The number of likely N-dealkylation sites (tertiary alicyclic amines) is 1. The van der Waals surface area contributed by atoms with Crippen molar-refractivity contribution in [2.45, 2.75) is 37.5 Å². The van der Waals surface area contributed by atoms with E-state index >= 15 is 0 Å². The van der Waals surface area contributed by atoms with E-state index in [1.807, 2.05) is 24.3 Å². The Labute approximate surface area is 247 Å². The number of imide groups is 1. The summed E-state index contributed by atoms with van der Waals surface area (Å²) in [6.07, 6.45) is 1.88. The maximum absolute atomic E-state index is 13.6. The van der Waals surface area contributed by atoms with E-state index in [0.29, 0.717) is 36.5 Å². The van der Waals surface area contributed by atoms with E-state index in [-0.39, 0.29) is 46.9 Å². The lowest BCUT2D eigenvalue weighted by atomic mass is 9.55. The van der Waals surface area contributed by atoms with Crippen LogP contribution in [-0.2, 0) is 23.9 Å². The van der Waals surface area contributed by atoms with E-state index in [0.717, 1.165) is 22.3 Å². The van der Waals surface area contributed by atoms with Gasteiger partial charge in [0.15, 0.2) is 6.61 Å². The Hall–Kier alpha value is -3.68. The van der Waals surface area contributed by atoms with Crippen LogP contribution in [0, 0.1) is 11.8 Å². The minimum Gasteiger partial charge on any atom is -0.456 e. The molecule has 0 saturated carbocycles. The number of nitrogens with zero attached hydrogens (tertiary/aromatic N) is 1. The van der Waals surface area contributed by atoms with Crippen LogP contribution >= 0.6 is 23.2 Å². The number of carbonyl (C=O) groups is 4. The van der Waals surface area contributed by atoms with E-state index in [1.54, 1.807) is 18.2 Å². The molecular weight excluding hydrogens is 563 g/mol. The molecule has 0 radical (unpaired) electrons. The van der Waals surface area contributed by atoms with Crippen LogP contribution in [0.5, 0.6) is 0 Å². The third-order valence-corrected chi connectivity index (χ3v) is 9.21. The largest absolute Gasteiger partial charge is 0.456 e. The van der Waals surface area contributed by atoms with Crippen LogP contribution in [0.3, 0.4) is 0 Å². The van der Waals surface area contributed by atoms with Crippen LogP contribution in [0.4, 0.5) is 5.69 Å². The number of hydrogen-bond acceptors (Lipinski definition) is 5. The molecule has 7 rings (SSSR count). The summed E-state index contributed by atoms with van der Waals surface area (Å²) in [6, 6.07) is 21.2. The molecule has 0 aromatic heterocycles. The summed E-state index contributed by atoms with van der Waals surface area (Å²) < 4.78 is 5.07. The molecule has 210 valence electrons. The third kappa shape index (κ3) is 4.91. The highest BCUT2D eigenvalue weighted by molar-refractivity contribution is 6.44. The standard InChI is InChI=1S/C32H28Cl2N2O5/c33-22-13-8-14-23(30(22)34)35-24(37)17-41-25(38)15-2-1-7-16-36-31(39)28-26-18-9-3-4-10-19(18)27(29(28)32(36)40)21-12-6-5-11-20(21)26/h3-6,8-14,26-29H,1-2,7,15-17H2,(H,35,37)/t26?,27?,28-,29+. The fourth-order valence-electron chi connectivity index (χ4n) is 6.68. The van der Waals surface area contributed by atoms with Crippen LogP contribution in [-0.4, -0.2) is 41.7 Å². The molecule has 1 N–H and O–H groups in total. The van der Waals surface area contributed by atoms with E-state index in [2.05, 4.69) is 29.6 Å². The number of nitrogens with one attached hydrogen (secondary N) is 1. The molecule has 0 unspecified atom stereocenters. The topological polar surface area (TPSA) is 92.8 Å². The Bertz CT molecular complexity index is 1440. The minimum absolute atomic E-state index is 0.0933. The maximum Gasteiger partial charge on any atom is 0.306 e. The third-order valence-electron chi connectivity index (χ3n) is 8.39. The first kappa shape index (κ1) is 27.5. The average molecular weight is 591 g/mol. The number of benzene rings is 3. The molecule has 3 aliphatic carbocycles. The lowest BCUT2D eigenvalue weighted by Gasteiger charge is -2.45. The van der Waals surface area contributed by atoms with Crippen molar-refractivity contribution in [3.63, 3.8) is 0 Å². The first-order valence-corrected chi connectivity index (χ1v) is 14.5. The second-order valence-corrected chi connectivity index (χ2v) is 11.5. The molecule has 1 saturated heterocycles.